The van der Waals surface area contributed by atoms with Crippen LogP contribution in [-0.4, -0.2) is 30.1 Å². The SMILES string of the molecule is Cc1ccc(CN2CCNC(C)C2C)c(C)c1. The lowest BCUT2D eigenvalue weighted by atomic mass is 10.0. The van der Waals surface area contributed by atoms with Crippen molar-refractivity contribution in [3.63, 3.8) is 0 Å². The van der Waals surface area contributed by atoms with Gasteiger partial charge in [0.05, 0.1) is 0 Å². The molecule has 0 saturated carbocycles. The van der Waals surface area contributed by atoms with E-state index in [2.05, 4.69) is 56.1 Å². The van der Waals surface area contributed by atoms with E-state index in [-0.39, 0.29) is 0 Å². The average molecular weight is 232 g/mol. The first-order chi connectivity index (χ1) is 8.08. The average Bonchev–Trinajstić information content (AvgIpc) is 2.28. The standard InChI is InChI=1S/C15H24N2/c1-11-5-6-15(12(2)9-11)10-17-8-7-16-13(3)14(17)4/h5-6,9,13-14,16H,7-8,10H2,1-4H3. The van der Waals surface area contributed by atoms with E-state index >= 15 is 0 Å². The van der Waals surface area contributed by atoms with Gasteiger partial charge < -0.3 is 5.32 Å². The van der Waals surface area contributed by atoms with Crippen molar-refractivity contribution in [3.8, 4) is 0 Å². The summed E-state index contributed by atoms with van der Waals surface area (Å²) < 4.78 is 0. The Kier molecular flexibility index (Phi) is 3.85. The molecule has 0 bridgehead atoms. The molecule has 2 nitrogen and oxygen atoms in total. The van der Waals surface area contributed by atoms with Gasteiger partial charge in [0.25, 0.3) is 0 Å². The Bertz CT molecular complexity index is 387. The molecular weight excluding hydrogens is 208 g/mol. The zero-order chi connectivity index (χ0) is 12.4. The molecule has 1 heterocycles. The largest absolute Gasteiger partial charge is 0.311 e. The van der Waals surface area contributed by atoms with Crippen molar-refractivity contribution in [3.05, 3.63) is 34.9 Å². The van der Waals surface area contributed by atoms with Gasteiger partial charge in [0.15, 0.2) is 0 Å². The molecule has 0 amide bonds. The number of rotatable bonds is 2. The molecule has 0 spiro atoms. The summed E-state index contributed by atoms with van der Waals surface area (Å²) in [6.07, 6.45) is 0. The molecule has 17 heavy (non-hydrogen) atoms. The third-order valence-electron chi connectivity index (χ3n) is 4.04. The summed E-state index contributed by atoms with van der Waals surface area (Å²) in [6, 6.07) is 7.99. The van der Waals surface area contributed by atoms with Gasteiger partial charge in [0.2, 0.25) is 0 Å². The van der Waals surface area contributed by atoms with Crippen molar-refractivity contribution < 1.29 is 0 Å². The lowest BCUT2D eigenvalue weighted by molar-refractivity contribution is 0.130. The van der Waals surface area contributed by atoms with Crippen LogP contribution in [0.15, 0.2) is 18.2 Å². The van der Waals surface area contributed by atoms with Gasteiger partial charge >= 0.3 is 0 Å². The first-order valence-corrected chi connectivity index (χ1v) is 6.61. The summed E-state index contributed by atoms with van der Waals surface area (Å²) in [7, 11) is 0. The maximum absolute atomic E-state index is 3.53. The fraction of sp³-hybridized carbons (Fsp3) is 0.600. The maximum atomic E-state index is 3.53. The number of piperazine rings is 1. The quantitative estimate of drug-likeness (QED) is 0.843. The molecule has 0 radical (unpaired) electrons. The van der Waals surface area contributed by atoms with E-state index in [1.54, 1.807) is 0 Å². The molecule has 2 heteroatoms. The monoisotopic (exact) mass is 232 g/mol. The van der Waals surface area contributed by atoms with Crippen LogP contribution in [0, 0.1) is 13.8 Å². The van der Waals surface area contributed by atoms with Crippen molar-refractivity contribution in [2.45, 2.75) is 46.3 Å². The minimum Gasteiger partial charge on any atom is -0.311 e. The molecule has 1 N–H and O–H groups in total. The Morgan fingerprint density at radius 3 is 2.76 bits per heavy atom. The van der Waals surface area contributed by atoms with E-state index in [1.165, 1.54) is 16.7 Å². The topological polar surface area (TPSA) is 15.3 Å². The van der Waals surface area contributed by atoms with Crippen molar-refractivity contribution in [1.29, 1.82) is 0 Å². The Morgan fingerprint density at radius 2 is 2.06 bits per heavy atom. The Hall–Kier alpha value is -0.860. The second-order valence-corrected chi connectivity index (χ2v) is 5.38. The highest BCUT2D eigenvalue weighted by Crippen LogP contribution is 2.17. The number of benzene rings is 1. The Labute approximate surface area is 105 Å². The number of aryl methyl sites for hydroxylation is 2. The van der Waals surface area contributed by atoms with Gasteiger partial charge in [-0.15, -0.1) is 0 Å². The molecule has 1 aliphatic rings. The molecule has 94 valence electrons. The molecule has 0 aromatic heterocycles. The third kappa shape index (κ3) is 2.88. The first kappa shape index (κ1) is 12.6. The van der Waals surface area contributed by atoms with E-state index < -0.39 is 0 Å². The Morgan fingerprint density at radius 1 is 1.29 bits per heavy atom. The second kappa shape index (κ2) is 5.19. The van der Waals surface area contributed by atoms with Crippen LogP contribution in [0.4, 0.5) is 0 Å². The summed E-state index contributed by atoms with van der Waals surface area (Å²) in [5.74, 6) is 0. The van der Waals surface area contributed by atoms with Crippen molar-refractivity contribution >= 4 is 0 Å². The van der Waals surface area contributed by atoms with E-state index in [4.69, 9.17) is 0 Å². The van der Waals surface area contributed by atoms with Crippen molar-refractivity contribution in [1.82, 2.24) is 10.2 Å². The molecule has 1 aromatic carbocycles. The van der Waals surface area contributed by atoms with Crippen molar-refractivity contribution in [2.24, 2.45) is 0 Å². The van der Waals surface area contributed by atoms with Crippen LogP contribution in [0.3, 0.4) is 0 Å². The molecule has 2 atom stereocenters. The molecule has 1 aliphatic heterocycles. The minimum atomic E-state index is 0.592. The lowest BCUT2D eigenvalue weighted by Gasteiger charge is -2.38. The van der Waals surface area contributed by atoms with Gasteiger partial charge in [0, 0.05) is 31.7 Å². The van der Waals surface area contributed by atoms with Crippen LogP contribution in [0.5, 0.6) is 0 Å². The van der Waals surface area contributed by atoms with Gasteiger partial charge in [-0.1, -0.05) is 23.8 Å². The number of hydrogen-bond donors (Lipinski definition) is 1. The second-order valence-electron chi connectivity index (χ2n) is 5.38. The summed E-state index contributed by atoms with van der Waals surface area (Å²) in [4.78, 5) is 2.58. The van der Waals surface area contributed by atoms with Crippen LogP contribution in [0.25, 0.3) is 0 Å². The fourth-order valence-electron chi connectivity index (χ4n) is 2.59. The lowest BCUT2D eigenvalue weighted by Crippen LogP contribution is -2.54. The number of nitrogens with zero attached hydrogens (tertiary/aromatic N) is 1. The number of nitrogens with one attached hydrogen (secondary N) is 1. The molecule has 0 aliphatic carbocycles. The van der Waals surface area contributed by atoms with Gasteiger partial charge in [-0.25, -0.2) is 0 Å². The van der Waals surface area contributed by atoms with Gasteiger partial charge in [0.1, 0.15) is 0 Å². The van der Waals surface area contributed by atoms with Crippen LogP contribution >= 0.6 is 0 Å². The number of hydrogen-bond acceptors (Lipinski definition) is 2. The minimum absolute atomic E-state index is 0.592. The smallest absolute Gasteiger partial charge is 0.0240 e. The molecule has 1 saturated heterocycles. The van der Waals surface area contributed by atoms with Crippen molar-refractivity contribution in [2.75, 3.05) is 13.1 Å². The van der Waals surface area contributed by atoms with E-state index in [0.717, 1.165) is 19.6 Å². The molecule has 1 fully saturated rings. The van der Waals surface area contributed by atoms with E-state index in [0.29, 0.717) is 12.1 Å². The Balaban J connectivity index is 2.09. The highest BCUT2D eigenvalue weighted by molar-refractivity contribution is 5.30. The molecular formula is C15H24N2. The van der Waals surface area contributed by atoms with E-state index in [9.17, 15) is 0 Å². The van der Waals surface area contributed by atoms with Crippen LogP contribution in [0.2, 0.25) is 0 Å². The summed E-state index contributed by atoms with van der Waals surface area (Å²) in [6.45, 7) is 12.3. The predicted molar refractivity (Wildman–Crippen MR) is 73.3 cm³/mol. The molecule has 2 unspecified atom stereocenters. The summed E-state index contributed by atoms with van der Waals surface area (Å²) in [5.41, 5.74) is 4.24. The van der Waals surface area contributed by atoms with Gasteiger partial charge in [-0.2, -0.15) is 0 Å². The maximum Gasteiger partial charge on any atom is 0.0240 e. The van der Waals surface area contributed by atoms with Gasteiger partial charge in [-0.05, 0) is 38.8 Å². The van der Waals surface area contributed by atoms with Crippen LogP contribution in [0.1, 0.15) is 30.5 Å². The summed E-state index contributed by atoms with van der Waals surface area (Å²) in [5, 5.41) is 3.53. The van der Waals surface area contributed by atoms with Crippen LogP contribution < -0.4 is 5.32 Å². The fourth-order valence-corrected chi connectivity index (χ4v) is 2.59. The zero-order valence-electron chi connectivity index (χ0n) is 11.5. The first-order valence-electron chi connectivity index (χ1n) is 6.61. The van der Waals surface area contributed by atoms with Gasteiger partial charge in [-0.3, -0.25) is 4.90 Å². The summed E-state index contributed by atoms with van der Waals surface area (Å²) >= 11 is 0. The van der Waals surface area contributed by atoms with Crippen LogP contribution in [-0.2, 0) is 6.54 Å². The third-order valence-corrected chi connectivity index (χ3v) is 4.04. The highest BCUT2D eigenvalue weighted by atomic mass is 15.2. The zero-order valence-corrected chi connectivity index (χ0v) is 11.5. The molecule has 2 rings (SSSR count). The van der Waals surface area contributed by atoms with E-state index in [1.807, 2.05) is 0 Å². The molecule has 1 aromatic rings. The normalized spacial score (nSPS) is 26.1. The predicted octanol–water partition coefficient (Wildman–Crippen LogP) is 2.49. The highest BCUT2D eigenvalue weighted by Gasteiger charge is 2.24.